The smallest absolute Gasteiger partial charge is 0.115 e. The Bertz CT molecular complexity index is 1330. The highest BCUT2D eigenvalue weighted by Crippen LogP contribution is 2.36. The number of nitrogens with one attached hydrogen (secondary N) is 1. The normalized spacial score (nSPS) is 11.4. The summed E-state index contributed by atoms with van der Waals surface area (Å²) >= 11 is 0. The number of phenols is 1. The van der Waals surface area contributed by atoms with Gasteiger partial charge < -0.3 is 5.11 Å². The van der Waals surface area contributed by atoms with E-state index in [1.54, 1.807) is 12.1 Å². The standard InChI is InChI=1S/C24H19N3O/c1-14-3-4-17(11-15(14)2)19-12-23(16-5-7-18(28)8-6-16)26-22-10-9-21-20(24(19)22)13-25-27-21/h3-13,28H,1-2H3,(H,25,27). The summed E-state index contributed by atoms with van der Waals surface area (Å²) in [6, 6.07) is 19.9. The number of aryl methyl sites for hydroxylation is 2. The summed E-state index contributed by atoms with van der Waals surface area (Å²) in [6.07, 6.45) is 1.87. The zero-order chi connectivity index (χ0) is 19.3. The van der Waals surface area contributed by atoms with Crippen LogP contribution in [0.2, 0.25) is 0 Å². The van der Waals surface area contributed by atoms with Crippen LogP contribution in [0.3, 0.4) is 0 Å². The second-order valence-electron chi connectivity index (χ2n) is 7.19. The van der Waals surface area contributed by atoms with Crippen molar-refractivity contribution in [3.05, 3.63) is 78.0 Å². The van der Waals surface area contributed by atoms with Gasteiger partial charge in [0.05, 0.1) is 22.9 Å². The molecular weight excluding hydrogens is 346 g/mol. The Labute approximate surface area is 162 Å². The Morgan fingerprint density at radius 2 is 1.61 bits per heavy atom. The molecule has 0 amide bonds. The fourth-order valence-electron chi connectivity index (χ4n) is 3.67. The van der Waals surface area contributed by atoms with Crippen molar-refractivity contribution in [2.75, 3.05) is 0 Å². The second kappa shape index (κ2) is 6.20. The van der Waals surface area contributed by atoms with E-state index in [4.69, 9.17) is 4.98 Å². The van der Waals surface area contributed by atoms with Crippen molar-refractivity contribution in [2.24, 2.45) is 0 Å². The van der Waals surface area contributed by atoms with Gasteiger partial charge in [-0.2, -0.15) is 5.10 Å². The molecule has 4 heteroatoms. The molecule has 2 N–H and O–H groups in total. The third-order valence-corrected chi connectivity index (χ3v) is 5.37. The molecule has 0 radical (unpaired) electrons. The van der Waals surface area contributed by atoms with Gasteiger partial charge in [-0.05, 0) is 78.6 Å². The third-order valence-electron chi connectivity index (χ3n) is 5.37. The average Bonchev–Trinajstić information content (AvgIpc) is 3.19. The van der Waals surface area contributed by atoms with Crippen molar-refractivity contribution in [1.82, 2.24) is 15.2 Å². The largest absolute Gasteiger partial charge is 0.508 e. The predicted octanol–water partition coefficient (Wildman–Crippen LogP) is 5.77. The minimum Gasteiger partial charge on any atom is -0.508 e. The number of aromatic hydroxyl groups is 1. The lowest BCUT2D eigenvalue weighted by molar-refractivity contribution is 0.475. The summed E-state index contributed by atoms with van der Waals surface area (Å²) in [5.74, 6) is 0.249. The van der Waals surface area contributed by atoms with Crippen LogP contribution in [0.25, 0.3) is 44.2 Å². The summed E-state index contributed by atoms with van der Waals surface area (Å²) < 4.78 is 0. The fourth-order valence-corrected chi connectivity index (χ4v) is 3.67. The molecule has 0 aliphatic heterocycles. The van der Waals surface area contributed by atoms with Crippen LogP contribution in [0.5, 0.6) is 5.75 Å². The van der Waals surface area contributed by atoms with Crippen molar-refractivity contribution < 1.29 is 5.11 Å². The minimum atomic E-state index is 0.249. The number of H-pyrrole nitrogens is 1. The van der Waals surface area contributed by atoms with Gasteiger partial charge in [0.2, 0.25) is 0 Å². The molecule has 0 bridgehead atoms. The molecule has 5 rings (SSSR count). The fraction of sp³-hybridized carbons (Fsp3) is 0.0833. The second-order valence-corrected chi connectivity index (χ2v) is 7.19. The Kier molecular flexibility index (Phi) is 3.66. The van der Waals surface area contributed by atoms with Gasteiger partial charge in [0.1, 0.15) is 5.75 Å². The maximum Gasteiger partial charge on any atom is 0.115 e. The monoisotopic (exact) mass is 365 g/mol. The first-order valence-electron chi connectivity index (χ1n) is 9.24. The number of fused-ring (bicyclic) bond motifs is 3. The molecule has 0 spiro atoms. The van der Waals surface area contributed by atoms with E-state index in [1.165, 1.54) is 11.1 Å². The Morgan fingerprint density at radius 1 is 0.821 bits per heavy atom. The Hall–Kier alpha value is -3.66. The molecule has 136 valence electrons. The summed E-state index contributed by atoms with van der Waals surface area (Å²) in [5.41, 5.74) is 8.58. The molecule has 0 aliphatic rings. The van der Waals surface area contributed by atoms with Gasteiger partial charge in [0.15, 0.2) is 0 Å². The van der Waals surface area contributed by atoms with Gasteiger partial charge in [-0.25, -0.2) is 4.98 Å². The number of hydrogen-bond acceptors (Lipinski definition) is 3. The van der Waals surface area contributed by atoms with E-state index in [0.717, 1.165) is 44.2 Å². The number of benzene rings is 3. The van der Waals surface area contributed by atoms with Gasteiger partial charge in [0.25, 0.3) is 0 Å². The van der Waals surface area contributed by atoms with Crippen molar-refractivity contribution in [3.63, 3.8) is 0 Å². The van der Waals surface area contributed by atoms with Gasteiger partial charge in [-0.1, -0.05) is 18.2 Å². The van der Waals surface area contributed by atoms with Crippen LogP contribution in [-0.2, 0) is 0 Å². The van der Waals surface area contributed by atoms with Gasteiger partial charge in [-0.15, -0.1) is 0 Å². The molecule has 0 saturated heterocycles. The van der Waals surface area contributed by atoms with Gasteiger partial charge in [0, 0.05) is 16.3 Å². The van der Waals surface area contributed by atoms with Crippen LogP contribution >= 0.6 is 0 Å². The lowest BCUT2D eigenvalue weighted by atomic mass is 9.94. The van der Waals surface area contributed by atoms with Crippen LogP contribution in [0.4, 0.5) is 0 Å². The topological polar surface area (TPSA) is 61.8 Å². The predicted molar refractivity (Wildman–Crippen MR) is 113 cm³/mol. The molecule has 0 fully saturated rings. The molecule has 0 saturated carbocycles. The molecule has 3 aromatic carbocycles. The lowest BCUT2D eigenvalue weighted by Crippen LogP contribution is -1.92. The molecule has 0 atom stereocenters. The molecule has 4 nitrogen and oxygen atoms in total. The van der Waals surface area contributed by atoms with Crippen LogP contribution in [0, 0.1) is 13.8 Å². The van der Waals surface area contributed by atoms with Crippen molar-refractivity contribution in [3.8, 4) is 28.1 Å². The first-order chi connectivity index (χ1) is 13.6. The maximum atomic E-state index is 9.63. The SMILES string of the molecule is Cc1ccc(-c2cc(-c3ccc(O)cc3)nc3ccc4[nH]ncc4c23)cc1C. The maximum absolute atomic E-state index is 9.63. The van der Waals surface area contributed by atoms with E-state index >= 15 is 0 Å². The summed E-state index contributed by atoms with van der Waals surface area (Å²) in [7, 11) is 0. The summed E-state index contributed by atoms with van der Waals surface area (Å²) in [6.45, 7) is 4.26. The minimum absolute atomic E-state index is 0.249. The van der Waals surface area contributed by atoms with E-state index in [2.05, 4.69) is 48.3 Å². The average molecular weight is 365 g/mol. The van der Waals surface area contributed by atoms with Crippen LogP contribution in [-0.4, -0.2) is 20.3 Å². The van der Waals surface area contributed by atoms with Gasteiger partial charge in [-0.3, -0.25) is 5.10 Å². The van der Waals surface area contributed by atoms with Crippen LogP contribution in [0.1, 0.15) is 11.1 Å². The highest BCUT2D eigenvalue weighted by Gasteiger charge is 2.14. The van der Waals surface area contributed by atoms with Crippen molar-refractivity contribution in [1.29, 1.82) is 0 Å². The molecule has 28 heavy (non-hydrogen) atoms. The Morgan fingerprint density at radius 3 is 2.39 bits per heavy atom. The number of nitrogens with zero attached hydrogens (tertiary/aromatic N) is 2. The van der Waals surface area contributed by atoms with Crippen LogP contribution in [0.15, 0.2) is 66.9 Å². The lowest BCUT2D eigenvalue weighted by Gasteiger charge is -2.13. The first kappa shape index (κ1) is 16.5. The summed E-state index contributed by atoms with van der Waals surface area (Å²) in [5, 5.41) is 19.1. The number of aromatic nitrogens is 3. The zero-order valence-corrected chi connectivity index (χ0v) is 15.7. The van der Waals surface area contributed by atoms with E-state index in [9.17, 15) is 5.11 Å². The highest BCUT2D eigenvalue weighted by molar-refractivity contribution is 6.12. The number of aromatic amines is 1. The summed E-state index contributed by atoms with van der Waals surface area (Å²) in [4.78, 5) is 4.91. The quantitative estimate of drug-likeness (QED) is 0.417. The molecule has 0 unspecified atom stereocenters. The van der Waals surface area contributed by atoms with Gasteiger partial charge >= 0.3 is 0 Å². The van der Waals surface area contributed by atoms with E-state index in [-0.39, 0.29) is 5.75 Å². The number of phenolic OH excluding ortho intramolecular Hbond substituents is 1. The molecular formula is C24H19N3O. The molecule has 2 aromatic heterocycles. The zero-order valence-electron chi connectivity index (χ0n) is 15.7. The van der Waals surface area contributed by atoms with E-state index in [0.29, 0.717) is 0 Å². The van der Waals surface area contributed by atoms with Crippen molar-refractivity contribution in [2.45, 2.75) is 13.8 Å². The first-order valence-corrected chi connectivity index (χ1v) is 9.24. The van der Waals surface area contributed by atoms with E-state index < -0.39 is 0 Å². The van der Waals surface area contributed by atoms with Crippen LogP contribution < -0.4 is 0 Å². The Balaban J connectivity index is 1.87. The van der Waals surface area contributed by atoms with E-state index in [1.807, 2.05) is 30.5 Å². The number of hydrogen-bond donors (Lipinski definition) is 2. The highest BCUT2D eigenvalue weighted by atomic mass is 16.3. The van der Waals surface area contributed by atoms with Crippen molar-refractivity contribution >= 4 is 21.8 Å². The molecule has 2 heterocycles. The molecule has 5 aromatic rings. The molecule has 0 aliphatic carbocycles. The number of pyridine rings is 1. The number of rotatable bonds is 2. The third kappa shape index (κ3) is 2.62.